The summed E-state index contributed by atoms with van der Waals surface area (Å²) in [5.41, 5.74) is 3.73. The summed E-state index contributed by atoms with van der Waals surface area (Å²) < 4.78 is 30.4. The highest BCUT2D eigenvalue weighted by molar-refractivity contribution is 5.71. The Morgan fingerprint density at radius 3 is 2.74 bits per heavy atom. The Balaban J connectivity index is 1.75. The van der Waals surface area contributed by atoms with Crippen LogP contribution < -0.4 is 0 Å². The minimum Gasteiger partial charge on any atom is -0.469 e. The summed E-state index contributed by atoms with van der Waals surface area (Å²) in [5, 5.41) is 0. The molecule has 0 fully saturated rings. The normalized spacial score (nSPS) is 15.0. The van der Waals surface area contributed by atoms with E-state index in [9.17, 15) is 13.6 Å². The fraction of sp³-hybridized carbons (Fsp3) is 0.714. The van der Waals surface area contributed by atoms with Gasteiger partial charge in [0.15, 0.2) is 0 Å². The molecule has 0 bridgehead atoms. The van der Waals surface area contributed by atoms with Gasteiger partial charge in [-0.05, 0) is 76.1 Å². The Labute approximate surface area is 161 Å². The van der Waals surface area contributed by atoms with E-state index in [4.69, 9.17) is 9.72 Å². The monoisotopic (exact) mass is 382 g/mol. The number of aryl methyl sites for hydroxylation is 3. The predicted molar refractivity (Wildman–Crippen MR) is 102 cm³/mol. The Bertz CT molecular complexity index is 596. The van der Waals surface area contributed by atoms with Gasteiger partial charge in [-0.1, -0.05) is 13.0 Å². The number of unbranched alkanes of at least 4 members (excludes halogenated alkanes) is 1. The second-order valence-corrected chi connectivity index (χ2v) is 7.48. The van der Waals surface area contributed by atoms with Gasteiger partial charge in [0.1, 0.15) is 0 Å². The fourth-order valence-electron chi connectivity index (χ4n) is 3.59. The number of hydrogen-bond donors (Lipinski definition) is 0. The summed E-state index contributed by atoms with van der Waals surface area (Å²) in [6, 6.07) is 4.31. The molecule has 152 valence electrons. The third kappa shape index (κ3) is 7.53. The summed E-state index contributed by atoms with van der Waals surface area (Å²) in [4.78, 5) is 18.0. The number of carbonyl (C=O) groups excluding carboxylic acids is 1. The van der Waals surface area contributed by atoms with Gasteiger partial charge < -0.3 is 4.74 Å². The van der Waals surface area contributed by atoms with Gasteiger partial charge >= 0.3 is 5.97 Å². The van der Waals surface area contributed by atoms with E-state index in [1.807, 2.05) is 0 Å². The maximum absolute atomic E-state index is 12.8. The molecular weight excluding hydrogens is 350 g/mol. The quantitative estimate of drug-likeness (QED) is 0.428. The van der Waals surface area contributed by atoms with E-state index in [-0.39, 0.29) is 18.4 Å². The molecule has 1 heterocycles. The van der Waals surface area contributed by atoms with Gasteiger partial charge in [-0.15, -0.1) is 0 Å². The molecule has 1 aromatic heterocycles. The average Bonchev–Trinajstić information content (AvgIpc) is 2.67. The highest BCUT2D eigenvalue weighted by Gasteiger charge is 2.17. The lowest BCUT2D eigenvalue weighted by Gasteiger charge is -2.23. The number of nitrogens with zero attached hydrogens (tertiary/aromatic N) is 2. The molecule has 0 saturated heterocycles. The molecule has 0 saturated carbocycles. The second kappa shape index (κ2) is 11.3. The summed E-state index contributed by atoms with van der Waals surface area (Å²) in [7, 11) is 1.35. The van der Waals surface area contributed by atoms with E-state index >= 15 is 0 Å². The van der Waals surface area contributed by atoms with Crippen LogP contribution >= 0.6 is 0 Å². The summed E-state index contributed by atoms with van der Waals surface area (Å²) in [6.07, 6.45) is 5.51. The minimum atomic E-state index is -2.36. The van der Waals surface area contributed by atoms with Crippen molar-refractivity contribution >= 4 is 5.97 Å². The highest BCUT2D eigenvalue weighted by atomic mass is 19.3. The van der Waals surface area contributed by atoms with Crippen molar-refractivity contribution in [1.29, 1.82) is 0 Å². The van der Waals surface area contributed by atoms with Gasteiger partial charge in [0.05, 0.1) is 19.6 Å². The summed E-state index contributed by atoms with van der Waals surface area (Å²) >= 11 is 0. The number of ether oxygens (including phenoxy) is 1. The maximum atomic E-state index is 12.8. The van der Waals surface area contributed by atoms with Gasteiger partial charge in [0.25, 0.3) is 6.43 Å². The van der Waals surface area contributed by atoms with Crippen LogP contribution in [0.1, 0.15) is 56.0 Å². The fourth-order valence-corrected chi connectivity index (χ4v) is 3.59. The zero-order valence-corrected chi connectivity index (χ0v) is 16.6. The van der Waals surface area contributed by atoms with Crippen molar-refractivity contribution in [2.45, 2.75) is 64.7 Å². The van der Waals surface area contributed by atoms with Crippen molar-refractivity contribution in [2.75, 3.05) is 26.7 Å². The number of fused-ring (bicyclic) bond motifs is 1. The molecule has 4 nitrogen and oxygen atoms in total. The van der Waals surface area contributed by atoms with Crippen molar-refractivity contribution < 1.29 is 18.3 Å². The number of alkyl halides is 2. The number of halogens is 2. The van der Waals surface area contributed by atoms with Crippen molar-refractivity contribution in [2.24, 2.45) is 5.92 Å². The zero-order chi connectivity index (χ0) is 19.6. The minimum absolute atomic E-state index is 0.245. The van der Waals surface area contributed by atoms with Crippen LogP contribution in [-0.2, 0) is 28.8 Å². The Morgan fingerprint density at radius 2 is 2.00 bits per heavy atom. The van der Waals surface area contributed by atoms with E-state index in [2.05, 4.69) is 12.1 Å². The third-order valence-corrected chi connectivity index (χ3v) is 5.27. The van der Waals surface area contributed by atoms with Crippen LogP contribution in [0.5, 0.6) is 0 Å². The number of hydrogen-bond acceptors (Lipinski definition) is 4. The van der Waals surface area contributed by atoms with Crippen LogP contribution in [0.15, 0.2) is 12.1 Å². The van der Waals surface area contributed by atoms with E-state index < -0.39 is 6.43 Å². The molecule has 1 atom stereocenters. The standard InChI is InChI=1S/C21H32F2N2O2/c1-16(21(26)27-2)12-14-25(15-20(22)23)13-6-5-8-18-11-10-17-7-3-4-9-19(17)24-18/h10-11,16,20H,3-9,12-15H2,1-2H3/t16-/m0/s1. The molecule has 0 aliphatic heterocycles. The number of rotatable bonds is 11. The second-order valence-electron chi connectivity index (χ2n) is 7.48. The van der Waals surface area contributed by atoms with Crippen LogP contribution in [0.2, 0.25) is 0 Å². The predicted octanol–water partition coefficient (Wildman–Crippen LogP) is 4.05. The lowest BCUT2D eigenvalue weighted by molar-refractivity contribution is -0.145. The van der Waals surface area contributed by atoms with Crippen LogP contribution in [0.3, 0.4) is 0 Å². The zero-order valence-electron chi connectivity index (χ0n) is 16.6. The lowest BCUT2D eigenvalue weighted by atomic mass is 9.95. The van der Waals surface area contributed by atoms with E-state index in [1.54, 1.807) is 11.8 Å². The summed E-state index contributed by atoms with van der Waals surface area (Å²) in [6.45, 7) is 2.63. The molecule has 27 heavy (non-hydrogen) atoms. The van der Waals surface area contributed by atoms with E-state index in [1.165, 1.54) is 31.2 Å². The Kier molecular flexibility index (Phi) is 9.11. The van der Waals surface area contributed by atoms with Crippen molar-refractivity contribution in [3.63, 3.8) is 0 Å². The molecule has 6 heteroatoms. The molecule has 1 aliphatic carbocycles. The molecular formula is C21H32F2N2O2. The lowest BCUT2D eigenvalue weighted by Crippen LogP contribution is -2.32. The van der Waals surface area contributed by atoms with Crippen molar-refractivity contribution in [3.05, 3.63) is 29.1 Å². The number of methoxy groups -OCH3 is 1. The van der Waals surface area contributed by atoms with E-state index in [0.29, 0.717) is 19.5 Å². The van der Waals surface area contributed by atoms with Gasteiger partial charge in [-0.3, -0.25) is 14.7 Å². The number of carbonyl (C=O) groups is 1. The number of aromatic nitrogens is 1. The third-order valence-electron chi connectivity index (χ3n) is 5.27. The van der Waals surface area contributed by atoms with Crippen molar-refractivity contribution in [1.82, 2.24) is 9.88 Å². The van der Waals surface area contributed by atoms with Gasteiger partial charge in [0, 0.05) is 11.4 Å². The molecule has 0 amide bonds. The van der Waals surface area contributed by atoms with Crippen LogP contribution in [0.25, 0.3) is 0 Å². The molecule has 0 aromatic carbocycles. The molecule has 0 spiro atoms. The first-order chi connectivity index (χ1) is 13.0. The number of esters is 1. The molecule has 2 rings (SSSR count). The summed E-state index contributed by atoms with van der Waals surface area (Å²) in [5.74, 6) is -0.555. The topological polar surface area (TPSA) is 42.4 Å². The Hall–Kier alpha value is -1.56. The molecule has 1 aromatic rings. The van der Waals surface area contributed by atoms with Crippen molar-refractivity contribution in [3.8, 4) is 0 Å². The first-order valence-electron chi connectivity index (χ1n) is 10.1. The molecule has 0 N–H and O–H groups in total. The maximum Gasteiger partial charge on any atom is 0.308 e. The molecule has 1 aliphatic rings. The number of pyridine rings is 1. The van der Waals surface area contributed by atoms with Gasteiger partial charge in [-0.25, -0.2) is 8.78 Å². The highest BCUT2D eigenvalue weighted by Crippen LogP contribution is 2.20. The van der Waals surface area contributed by atoms with E-state index in [0.717, 1.165) is 37.8 Å². The molecule has 0 unspecified atom stereocenters. The Morgan fingerprint density at radius 1 is 1.22 bits per heavy atom. The van der Waals surface area contributed by atoms with Gasteiger partial charge in [-0.2, -0.15) is 0 Å². The van der Waals surface area contributed by atoms with Gasteiger partial charge in [0.2, 0.25) is 0 Å². The molecule has 0 radical (unpaired) electrons. The van der Waals surface area contributed by atoms with Crippen LogP contribution in [-0.4, -0.2) is 49.0 Å². The average molecular weight is 382 g/mol. The smallest absolute Gasteiger partial charge is 0.308 e. The first kappa shape index (κ1) is 21.7. The SMILES string of the molecule is COC(=O)[C@@H](C)CCN(CCCCc1ccc2c(n1)CCCC2)CC(F)F. The first-order valence-corrected chi connectivity index (χ1v) is 10.1. The van der Waals surface area contributed by atoms with Crippen LogP contribution in [0, 0.1) is 5.92 Å². The largest absolute Gasteiger partial charge is 0.469 e. The van der Waals surface area contributed by atoms with Crippen LogP contribution in [0.4, 0.5) is 8.78 Å².